The Hall–Kier alpha value is -1.69. The highest BCUT2D eigenvalue weighted by atomic mass is 16.5. The highest BCUT2D eigenvalue weighted by molar-refractivity contribution is 5.85. The maximum Gasteiger partial charge on any atom is 0.376 e. The summed E-state index contributed by atoms with van der Waals surface area (Å²) in [4.78, 5) is 21.8. The zero-order chi connectivity index (χ0) is 15.3. The smallest absolute Gasteiger partial charge is 0.376 e. The predicted molar refractivity (Wildman–Crippen MR) is 78.8 cm³/mol. The minimum atomic E-state index is -0.526. The van der Waals surface area contributed by atoms with Crippen molar-refractivity contribution in [1.82, 2.24) is 9.97 Å². The van der Waals surface area contributed by atoms with Crippen LogP contribution in [0.4, 0.5) is 5.82 Å². The lowest BCUT2D eigenvalue weighted by molar-refractivity contribution is 0.0586. The summed E-state index contributed by atoms with van der Waals surface area (Å²) in [5, 5.41) is 0. The number of aromatic nitrogens is 2. The summed E-state index contributed by atoms with van der Waals surface area (Å²) in [6.45, 7) is 6.81. The molecule has 0 bridgehead atoms. The number of nitrogens with two attached hydrogens (primary N) is 1. The van der Waals surface area contributed by atoms with Crippen molar-refractivity contribution < 1.29 is 9.53 Å². The van der Waals surface area contributed by atoms with Gasteiger partial charge in [0.25, 0.3) is 0 Å². The third-order valence-electron chi connectivity index (χ3n) is 3.25. The van der Waals surface area contributed by atoms with Crippen molar-refractivity contribution in [2.75, 3.05) is 25.6 Å². The van der Waals surface area contributed by atoms with Gasteiger partial charge in [-0.05, 0) is 19.3 Å². The average molecular weight is 280 g/mol. The summed E-state index contributed by atoms with van der Waals surface area (Å²) in [7, 11) is 3.24. The lowest BCUT2D eigenvalue weighted by Gasteiger charge is -2.22. The number of aryl methyl sites for hydroxylation is 1. The Balaban J connectivity index is 2.80. The normalized spacial score (nSPS) is 12.3. The number of methoxy groups -OCH3 is 1. The molecule has 0 aliphatic carbocycles. The maximum absolute atomic E-state index is 11.5. The van der Waals surface area contributed by atoms with Gasteiger partial charge < -0.3 is 15.4 Å². The summed E-state index contributed by atoms with van der Waals surface area (Å²) in [6, 6.07) is 1.99. The van der Waals surface area contributed by atoms with E-state index in [0.717, 1.165) is 18.7 Å². The van der Waals surface area contributed by atoms with E-state index in [1.165, 1.54) is 7.11 Å². The van der Waals surface area contributed by atoms with Crippen molar-refractivity contribution in [1.29, 1.82) is 0 Å². The van der Waals surface area contributed by atoms with Crippen LogP contribution in [0.1, 0.15) is 36.6 Å². The number of hydrogen-bond donors (Lipinski definition) is 1. The minimum absolute atomic E-state index is 0.0857. The molecule has 0 aliphatic rings. The highest BCUT2D eigenvalue weighted by Gasteiger charge is 2.14. The van der Waals surface area contributed by atoms with E-state index in [1.54, 1.807) is 0 Å². The van der Waals surface area contributed by atoms with E-state index in [4.69, 9.17) is 5.73 Å². The fourth-order valence-corrected chi connectivity index (χ4v) is 1.72. The van der Waals surface area contributed by atoms with Crippen LogP contribution in [0.2, 0.25) is 0 Å². The lowest BCUT2D eigenvalue weighted by atomic mass is 10.0. The molecule has 0 spiro atoms. The molecular formula is C14H24N4O2. The molecule has 1 atom stereocenters. The van der Waals surface area contributed by atoms with Crippen molar-refractivity contribution in [3.05, 3.63) is 17.6 Å². The van der Waals surface area contributed by atoms with Crippen LogP contribution in [0.3, 0.4) is 0 Å². The standard InChI is InChI=1S/C14H24N4O2/c1-9(2)11(15)6-7-18(4)12-8-10(3)16-13(17-12)14(19)20-5/h8-9,11H,6-7,15H2,1-5H3. The van der Waals surface area contributed by atoms with E-state index in [0.29, 0.717) is 11.7 Å². The van der Waals surface area contributed by atoms with E-state index in [2.05, 4.69) is 28.6 Å². The number of rotatable bonds is 6. The summed E-state index contributed by atoms with van der Waals surface area (Å²) < 4.78 is 4.65. The van der Waals surface area contributed by atoms with Crippen LogP contribution in [0.15, 0.2) is 6.07 Å². The Labute approximate surface area is 120 Å². The summed E-state index contributed by atoms with van der Waals surface area (Å²) in [5.41, 5.74) is 6.77. The largest absolute Gasteiger partial charge is 0.463 e. The number of esters is 1. The molecule has 112 valence electrons. The van der Waals surface area contributed by atoms with Crippen LogP contribution in [0.25, 0.3) is 0 Å². The fraction of sp³-hybridized carbons (Fsp3) is 0.643. The van der Waals surface area contributed by atoms with Crippen LogP contribution in [0.5, 0.6) is 0 Å². The van der Waals surface area contributed by atoms with E-state index < -0.39 is 5.97 Å². The zero-order valence-corrected chi connectivity index (χ0v) is 12.9. The quantitative estimate of drug-likeness (QED) is 0.793. The molecule has 1 aromatic rings. The van der Waals surface area contributed by atoms with Crippen LogP contribution in [-0.2, 0) is 4.74 Å². The van der Waals surface area contributed by atoms with Gasteiger partial charge in [0.2, 0.25) is 5.82 Å². The topological polar surface area (TPSA) is 81.3 Å². The Morgan fingerprint density at radius 2 is 2.10 bits per heavy atom. The second-order valence-electron chi connectivity index (χ2n) is 5.30. The molecule has 6 nitrogen and oxygen atoms in total. The van der Waals surface area contributed by atoms with Gasteiger partial charge in [-0.15, -0.1) is 0 Å². The van der Waals surface area contributed by atoms with Crippen LogP contribution < -0.4 is 10.6 Å². The molecule has 2 N–H and O–H groups in total. The van der Waals surface area contributed by atoms with Gasteiger partial charge in [-0.25, -0.2) is 14.8 Å². The highest BCUT2D eigenvalue weighted by Crippen LogP contribution is 2.13. The molecule has 1 heterocycles. The van der Waals surface area contributed by atoms with Gasteiger partial charge in [-0.2, -0.15) is 0 Å². The molecule has 1 aromatic heterocycles. The third kappa shape index (κ3) is 4.45. The first-order valence-corrected chi connectivity index (χ1v) is 6.75. The number of hydrogen-bond acceptors (Lipinski definition) is 6. The molecule has 0 amide bonds. The zero-order valence-electron chi connectivity index (χ0n) is 12.9. The molecule has 1 rings (SSSR count). The van der Waals surface area contributed by atoms with Gasteiger partial charge in [0, 0.05) is 31.4 Å². The second kappa shape index (κ2) is 7.19. The monoisotopic (exact) mass is 280 g/mol. The molecule has 0 saturated heterocycles. The molecule has 6 heteroatoms. The number of carbonyl (C=O) groups excluding carboxylic acids is 1. The molecule has 0 aliphatic heterocycles. The molecule has 0 aromatic carbocycles. The van der Waals surface area contributed by atoms with Crippen molar-refractivity contribution in [2.24, 2.45) is 11.7 Å². The number of nitrogens with zero attached hydrogens (tertiary/aromatic N) is 3. The van der Waals surface area contributed by atoms with Crippen molar-refractivity contribution in [2.45, 2.75) is 33.2 Å². The molecule has 0 fully saturated rings. The van der Waals surface area contributed by atoms with Gasteiger partial charge >= 0.3 is 5.97 Å². The summed E-state index contributed by atoms with van der Waals surface area (Å²) in [5.74, 6) is 0.708. The van der Waals surface area contributed by atoms with E-state index in [1.807, 2.05) is 24.9 Å². The first-order chi connectivity index (χ1) is 9.35. The Bertz CT molecular complexity index is 462. The minimum Gasteiger partial charge on any atom is -0.463 e. The molecule has 1 unspecified atom stereocenters. The van der Waals surface area contributed by atoms with Crippen LogP contribution >= 0.6 is 0 Å². The predicted octanol–water partition coefficient (Wildman–Crippen LogP) is 1.38. The van der Waals surface area contributed by atoms with Crippen molar-refractivity contribution in [3.8, 4) is 0 Å². The first kappa shape index (κ1) is 16.4. The molecular weight excluding hydrogens is 256 g/mol. The van der Waals surface area contributed by atoms with Crippen LogP contribution in [-0.4, -0.2) is 42.7 Å². The number of anilines is 1. The molecule has 0 radical (unpaired) electrons. The van der Waals surface area contributed by atoms with E-state index in [9.17, 15) is 4.79 Å². The number of carbonyl (C=O) groups is 1. The Morgan fingerprint density at radius 3 is 2.65 bits per heavy atom. The van der Waals surface area contributed by atoms with Gasteiger partial charge in [0.15, 0.2) is 0 Å². The SMILES string of the molecule is COC(=O)c1nc(C)cc(N(C)CCC(N)C(C)C)n1. The molecule has 20 heavy (non-hydrogen) atoms. The van der Waals surface area contributed by atoms with E-state index in [-0.39, 0.29) is 11.9 Å². The number of ether oxygens (including phenoxy) is 1. The fourth-order valence-electron chi connectivity index (χ4n) is 1.72. The second-order valence-corrected chi connectivity index (χ2v) is 5.30. The Morgan fingerprint density at radius 1 is 1.45 bits per heavy atom. The summed E-state index contributed by atoms with van der Waals surface area (Å²) in [6.07, 6.45) is 0.866. The van der Waals surface area contributed by atoms with Gasteiger partial charge in [-0.1, -0.05) is 13.8 Å². The average Bonchev–Trinajstić information content (AvgIpc) is 2.42. The Kier molecular flexibility index (Phi) is 5.88. The van der Waals surface area contributed by atoms with Crippen LogP contribution in [0, 0.1) is 12.8 Å². The van der Waals surface area contributed by atoms with E-state index >= 15 is 0 Å². The van der Waals surface area contributed by atoms with Crippen molar-refractivity contribution in [3.63, 3.8) is 0 Å². The first-order valence-electron chi connectivity index (χ1n) is 6.75. The van der Waals surface area contributed by atoms with Crippen molar-refractivity contribution >= 4 is 11.8 Å². The van der Waals surface area contributed by atoms with Gasteiger partial charge in [0.1, 0.15) is 5.82 Å². The van der Waals surface area contributed by atoms with Gasteiger partial charge in [0.05, 0.1) is 7.11 Å². The third-order valence-corrected chi connectivity index (χ3v) is 3.25. The molecule has 0 saturated carbocycles. The maximum atomic E-state index is 11.5. The van der Waals surface area contributed by atoms with Gasteiger partial charge in [-0.3, -0.25) is 0 Å². The summed E-state index contributed by atoms with van der Waals surface area (Å²) >= 11 is 0. The lowest BCUT2D eigenvalue weighted by Crippen LogP contribution is -2.32.